The van der Waals surface area contributed by atoms with E-state index in [2.05, 4.69) is 40.9 Å². The largest absolute Gasteiger partial charge is 0.381 e. The number of hydrogen-bond donors (Lipinski definition) is 3. The van der Waals surface area contributed by atoms with Crippen LogP contribution in [0.5, 0.6) is 0 Å². The molecule has 0 radical (unpaired) electrons. The number of carbonyl (C=O) groups is 5. The number of rotatable bonds is 12. The number of morpholine rings is 1. The number of nitrogens with one attached hydrogen (secondary N) is 3. The number of hydrogen-bond acceptors (Lipinski definition) is 14. The molecule has 10 rings (SSSR count). The first-order valence-corrected chi connectivity index (χ1v) is 22.2. The van der Waals surface area contributed by atoms with Gasteiger partial charge in [-0.15, -0.1) is 0 Å². The fourth-order valence-electron chi connectivity index (χ4n) is 9.84. The van der Waals surface area contributed by atoms with Crippen molar-refractivity contribution in [3.05, 3.63) is 65.2 Å². The number of halogens is 2. The molecule has 1 atom stereocenters. The quantitative estimate of drug-likeness (QED) is 0.175. The van der Waals surface area contributed by atoms with Crippen LogP contribution in [0.4, 0.5) is 26.0 Å². The molecule has 3 aromatic heterocycles. The Bertz CT molecular complexity index is 2450. The van der Waals surface area contributed by atoms with Crippen LogP contribution in [0.25, 0.3) is 5.65 Å². The summed E-state index contributed by atoms with van der Waals surface area (Å²) in [6.07, 6.45) is 6.86. The second-order valence-electron chi connectivity index (χ2n) is 17.5. The van der Waals surface area contributed by atoms with Crippen LogP contribution in [-0.2, 0) is 19.2 Å². The van der Waals surface area contributed by atoms with Crippen molar-refractivity contribution in [2.45, 2.75) is 82.0 Å². The minimum atomic E-state index is -2.87. The summed E-state index contributed by atoms with van der Waals surface area (Å²) in [5.41, 5.74) is 1.07. The monoisotopic (exact) mass is 884 g/mol. The number of ether oxygens (including phenoxy) is 1. The lowest BCUT2D eigenvalue weighted by Gasteiger charge is -2.42. The SMILES string of the molecule is O=C1CCC(N2C(=O)c3cccc(NC4CC(ON5CCN(CC6CCC(n7cc(NC(=O)c8cnn9ccc(N%10CCOCC%10)nc89)c(C(F)F)n7)CC6)CC5)C4)c3C2=O)C(=O)N1. The molecular formula is C43H50F2N12O7. The predicted molar refractivity (Wildman–Crippen MR) is 225 cm³/mol. The van der Waals surface area contributed by atoms with E-state index in [4.69, 9.17) is 9.57 Å². The molecule has 338 valence electrons. The van der Waals surface area contributed by atoms with Gasteiger partial charge in [-0.05, 0) is 69.1 Å². The molecule has 1 unspecified atom stereocenters. The van der Waals surface area contributed by atoms with Crippen molar-refractivity contribution in [1.29, 1.82) is 0 Å². The number of aromatic nitrogens is 5. The number of anilines is 3. The fraction of sp³-hybridized carbons (Fsp3) is 0.535. The van der Waals surface area contributed by atoms with E-state index in [0.29, 0.717) is 49.4 Å². The Balaban J connectivity index is 0.667. The summed E-state index contributed by atoms with van der Waals surface area (Å²) in [6, 6.07) is 5.86. The second kappa shape index (κ2) is 17.6. The van der Waals surface area contributed by atoms with Crippen molar-refractivity contribution in [3.8, 4) is 0 Å². The van der Waals surface area contributed by atoms with Gasteiger partial charge >= 0.3 is 0 Å². The number of carbonyl (C=O) groups excluding carboxylic acids is 5. The standard InChI is InChI=1S/C43H50F2N12O7/c44-38(45)37-32(48-40(59)30-22-46-55-11-10-34(49-39(30)55)53-16-18-63-19-17-53)24-56(51-37)27-6-4-25(5-7-27)23-52-12-14-54(15-13-52)64-28-20-26(21-28)47-31-3-1-2-29-36(31)43(62)57(42(29)61)33-8-9-35(58)50-41(33)60/h1-3,10-11,22,24-28,33,38,47H,4-9,12-21,23H2,(H,48,59)(H,50,58,60). The summed E-state index contributed by atoms with van der Waals surface area (Å²) < 4.78 is 37.1. The van der Waals surface area contributed by atoms with Gasteiger partial charge < -0.3 is 25.2 Å². The minimum Gasteiger partial charge on any atom is -0.381 e. The number of nitrogens with zero attached hydrogens (tertiary/aromatic N) is 9. The first kappa shape index (κ1) is 42.1. The lowest BCUT2D eigenvalue weighted by molar-refractivity contribution is -0.230. The van der Waals surface area contributed by atoms with Gasteiger partial charge in [-0.1, -0.05) is 6.07 Å². The molecule has 5 amide bonds. The number of imide groups is 2. The molecular weight excluding hydrogens is 835 g/mol. The number of benzene rings is 1. The molecule has 3 N–H and O–H groups in total. The molecule has 7 heterocycles. The molecule has 0 bridgehead atoms. The van der Waals surface area contributed by atoms with Crippen molar-refractivity contribution in [2.75, 3.05) is 74.6 Å². The third-order valence-corrected chi connectivity index (χ3v) is 13.4. The van der Waals surface area contributed by atoms with Crippen LogP contribution in [-0.4, -0.2) is 146 Å². The number of alkyl halides is 2. The van der Waals surface area contributed by atoms with Gasteiger partial charge in [-0.2, -0.15) is 15.3 Å². The van der Waals surface area contributed by atoms with Gasteiger partial charge in [0, 0.05) is 76.4 Å². The molecule has 2 aliphatic carbocycles. The van der Waals surface area contributed by atoms with Gasteiger partial charge in [0.2, 0.25) is 11.8 Å². The molecule has 6 aliphatic rings. The number of hydroxylamine groups is 2. The van der Waals surface area contributed by atoms with E-state index in [1.54, 1.807) is 29.1 Å². The average Bonchev–Trinajstić information content (AvgIpc) is 3.98. The van der Waals surface area contributed by atoms with Gasteiger partial charge in [0.05, 0.1) is 48.4 Å². The highest BCUT2D eigenvalue weighted by Crippen LogP contribution is 2.37. The maximum Gasteiger partial charge on any atom is 0.284 e. The van der Waals surface area contributed by atoms with E-state index in [-0.39, 0.29) is 53.4 Å². The normalized spacial score (nSPS) is 25.8. The number of piperidine rings is 1. The van der Waals surface area contributed by atoms with E-state index >= 15 is 0 Å². The first-order chi connectivity index (χ1) is 31.1. The fourth-order valence-corrected chi connectivity index (χ4v) is 9.84. The Morgan fingerprint density at radius 2 is 1.72 bits per heavy atom. The summed E-state index contributed by atoms with van der Waals surface area (Å²) in [6.45, 7) is 6.70. The van der Waals surface area contributed by atoms with Crippen molar-refractivity contribution < 1.29 is 42.3 Å². The highest BCUT2D eigenvalue weighted by molar-refractivity contribution is 6.25. The molecule has 64 heavy (non-hydrogen) atoms. The van der Waals surface area contributed by atoms with Crippen molar-refractivity contribution in [2.24, 2.45) is 5.92 Å². The Morgan fingerprint density at radius 3 is 2.47 bits per heavy atom. The van der Waals surface area contributed by atoms with E-state index in [9.17, 15) is 32.8 Å². The van der Waals surface area contributed by atoms with Gasteiger partial charge in [0.1, 0.15) is 17.4 Å². The van der Waals surface area contributed by atoms with E-state index < -0.39 is 47.7 Å². The lowest BCUT2D eigenvalue weighted by atomic mass is 9.85. The van der Waals surface area contributed by atoms with Gasteiger partial charge in [-0.3, -0.25) is 43.7 Å². The average molecular weight is 885 g/mol. The molecule has 1 aromatic carbocycles. The number of amides is 5. The summed E-state index contributed by atoms with van der Waals surface area (Å²) in [7, 11) is 0. The third kappa shape index (κ3) is 8.32. The zero-order valence-electron chi connectivity index (χ0n) is 35.2. The highest BCUT2D eigenvalue weighted by Gasteiger charge is 2.46. The maximum absolute atomic E-state index is 14.3. The van der Waals surface area contributed by atoms with E-state index in [1.807, 2.05) is 11.1 Å². The van der Waals surface area contributed by atoms with Crippen LogP contribution < -0.4 is 20.9 Å². The summed E-state index contributed by atoms with van der Waals surface area (Å²) >= 11 is 0. The Labute approximate surface area is 366 Å². The molecule has 19 nitrogen and oxygen atoms in total. The highest BCUT2D eigenvalue weighted by atomic mass is 19.3. The van der Waals surface area contributed by atoms with Gasteiger partial charge in [0.25, 0.3) is 24.1 Å². The molecule has 0 spiro atoms. The van der Waals surface area contributed by atoms with E-state index in [1.165, 1.54) is 16.9 Å². The van der Waals surface area contributed by atoms with Gasteiger partial charge in [0.15, 0.2) is 11.3 Å². The second-order valence-corrected chi connectivity index (χ2v) is 17.5. The predicted octanol–water partition coefficient (Wildman–Crippen LogP) is 3.28. The summed E-state index contributed by atoms with van der Waals surface area (Å²) in [5.74, 6) is -1.55. The van der Waals surface area contributed by atoms with Crippen molar-refractivity contribution >= 4 is 52.4 Å². The molecule has 4 aliphatic heterocycles. The number of piperazine rings is 1. The number of fused-ring (bicyclic) bond motifs is 2. The topological polar surface area (TPSA) is 201 Å². The van der Waals surface area contributed by atoms with Crippen LogP contribution >= 0.6 is 0 Å². The smallest absolute Gasteiger partial charge is 0.284 e. The lowest BCUT2D eigenvalue weighted by Crippen LogP contribution is -2.54. The van der Waals surface area contributed by atoms with Crippen LogP contribution in [0.1, 0.15) is 101 Å². The van der Waals surface area contributed by atoms with Crippen LogP contribution in [0.2, 0.25) is 0 Å². The molecule has 5 fully saturated rings. The third-order valence-electron chi connectivity index (χ3n) is 13.4. The van der Waals surface area contributed by atoms with Crippen LogP contribution in [0.15, 0.2) is 42.9 Å². The van der Waals surface area contributed by atoms with Gasteiger partial charge in [-0.25, -0.2) is 18.3 Å². The zero-order valence-corrected chi connectivity index (χ0v) is 35.2. The zero-order chi connectivity index (χ0) is 44.1. The maximum atomic E-state index is 14.3. The minimum absolute atomic E-state index is 0.0202. The summed E-state index contributed by atoms with van der Waals surface area (Å²) in [4.78, 5) is 80.8. The van der Waals surface area contributed by atoms with Crippen molar-refractivity contribution in [3.63, 3.8) is 0 Å². The van der Waals surface area contributed by atoms with Crippen molar-refractivity contribution in [1.82, 2.24) is 44.6 Å². The molecule has 3 saturated heterocycles. The molecule has 21 heteroatoms. The molecule has 2 saturated carbocycles. The summed E-state index contributed by atoms with van der Waals surface area (Å²) in [5, 5.41) is 18.9. The Morgan fingerprint density at radius 1 is 0.938 bits per heavy atom. The van der Waals surface area contributed by atoms with Crippen LogP contribution in [0.3, 0.4) is 0 Å². The van der Waals surface area contributed by atoms with E-state index in [0.717, 1.165) is 76.1 Å². The first-order valence-electron chi connectivity index (χ1n) is 22.2. The molecule has 4 aromatic rings. The Hall–Kier alpha value is -5.90. The van der Waals surface area contributed by atoms with Crippen LogP contribution in [0, 0.1) is 5.92 Å². The Kier molecular flexibility index (Phi) is 11.6.